The molecule has 0 spiro atoms. The van der Waals surface area contributed by atoms with E-state index in [1.165, 1.54) is 36.9 Å². The van der Waals surface area contributed by atoms with Crippen LogP contribution in [0.1, 0.15) is 24.1 Å². The predicted molar refractivity (Wildman–Crippen MR) is 105 cm³/mol. The number of aromatic nitrogens is 3. The zero-order valence-corrected chi connectivity index (χ0v) is 15.2. The van der Waals surface area contributed by atoms with Crippen LogP contribution in [-0.2, 0) is 13.1 Å². The zero-order valence-electron chi connectivity index (χ0n) is 15.2. The molecule has 0 atom stereocenters. The highest BCUT2D eigenvalue weighted by Crippen LogP contribution is 2.22. The molecule has 0 saturated carbocycles. The molecule has 3 heterocycles. The van der Waals surface area contributed by atoms with Crippen LogP contribution in [0.5, 0.6) is 0 Å². The number of benzene rings is 2. The average molecular weight is 358 g/mol. The maximum atomic E-state index is 5.71. The van der Waals surface area contributed by atoms with Gasteiger partial charge in [-0.2, -0.15) is 5.10 Å². The van der Waals surface area contributed by atoms with Crippen LogP contribution in [0.4, 0.5) is 0 Å². The fourth-order valence-corrected chi connectivity index (χ4v) is 3.76. The first kappa shape index (κ1) is 16.3. The van der Waals surface area contributed by atoms with Gasteiger partial charge in [0.15, 0.2) is 0 Å². The van der Waals surface area contributed by atoms with E-state index in [1.54, 1.807) is 6.26 Å². The van der Waals surface area contributed by atoms with Gasteiger partial charge in [0.1, 0.15) is 6.26 Å². The molecule has 5 nitrogen and oxygen atoms in total. The Hall–Kier alpha value is -2.92. The van der Waals surface area contributed by atoms with Crippen LogP contribution in [-0.4, -0.2) is 32.8 Å². The molecule has 5 heteroatoms. The maximum absolute atomic E-state index is 5.71. The third-order valence-electron chi connectivity index (χ3n) is 5.22. The molecule has 0 bridgehead atoms. The first-order valence-electron chi connectivity index (χ1n) is 9.52. The van der Waals surface area contributed by atoms with E-state index < -0.39 is 0 Å². The van der Waals surface area contributed by atoms with Crippen molar-refractivity contribution >= 4 is 10.9 Å². The highest BCUT2D eigenvalue weighted by Gasteiger charge is 2.14. The van der Waals surface area contributed by atoms with Gasteiger partial charge in [0, 0.05) is 17.5 Å². The maximum Gasteiger partial charge on any atom is 0.226 e. The first-order valence-corrected chi connectivity index (χ1v) is 9.52. The van der Waals surface area contributed by atoms with Gasteiger partial charge in [-0.1, -0.05) is 30.3 Å². The van der Waals surface area contributed by atoms with Crippen molar-refractivity contribution in [2.75, 3.05) is 13.1 Å². The second-order valence-corrected chi connectivity index (χ2v) is 7.19. The second kappa shape index (κ2) is 7.00. The van der Waals surface area contributed by atoms with Crippen LogP contribution >= 0.6 is 0 Å². The number of hydrogen-bond donors (Lipinski definition) is 0. The Morgan fingerprint density at radius 1 is 0.926 bits per heavy atom. The molecule has 0 aliphatic carbocycles. The summed E-state index contributed by atoms with van der Waals surface area (Å²) in [5, 5.41) is 5.67. The van der Waals surface area contributed by atoms with E-state index in [1.807, 2.05) is 23.0 Å². The summed E-state index contributed by atoms with van der Waals surface area (Å²) in [4.78, 5) is 7.09. The van der Waals surface area contributed by atoms with Gasteiger partial charge in [0.05, 0.1) is 24.0 Å². The Labute approximate surface area is 158 Å². The summed E-state index contributed by atoms with van der Waals surface area (Å²) in [5.41, 5.74) is 4.38. The minimum Gasteiger partial charge on any atom is -0.444 e. The summed E-state index contributed by atoms with van der Waals surface area (Å²) in [5.74, 6) is 0.695. The molecule has 1 aliphatic rings. The van der Waals surface area contributed by atoms with Gasteiger partial charge in [-0.3, -0.25) is 9.58 Å². The van der Waals surface area contributed by atoms with Crippen LogP contribution in [0.2, 0.25) is 0 Å². The average Bonchev–Trinajstić information content (AvgIpc) is 3.45. The van der Waals surface area contributed by atoms with Crippen molar-refractivity contribution in [2.45, 2.75) is 25.9 Å². The van der Waals surface area contributed by atoms with Crippen molar-refractivity contribution in [3.8, 4) is 11.5 Å². The summed E-state index contributed by atoms with van der Waals surface area (Å²) in [6.07, 6.45) is 6.28. The molecule has 1 aliphatic heterocycles. The third kappa shape index (κ3) is 3.38. The van der Waals surface area contributed by atoms with E-state index >= 15 is 0 Å². The van der Waals surface area contributed by atoms with Gasteiger partial charge in [-0.15, -0.1) is 0 Å². The molecule has 0 N–H and O–H groups in total. The summed E-state index contributed by atoms with van der Waals surface area (Å²) in [6, 6.07) is 16.7. The molecular weight excluding hydrogens is 336 g/mol. The molecule has 136 valence electrons. The molecule has 0 unspecified atom stereocenters. The lowest BCUT2D eigenvalue weighted by atomic mass is 10.1. The van der Waals surface area contributed by atoms with Gasteiger partial charge >= 0.3 is 0 Å². The van der Waals surface area contributed by atoms with Crippen LogP contribution in [0.25, 0.3) is 22.4 Å². The van der Waals surface area contributed by atoms with Crippen LogP contribution in [0, 0.1) is 0 Å². The fourth-order valence-electron chi connectivity index (χ4n) is 3.76. The van der Waals surface area contributed by atoms with E-state index in [0.717, 1.165) is 29.9 Å². The molecule has 2 aromatic carbocycles. The van der Waals surface area contributed by atoms with E-state index in [2.05, 4.69) is 51.4 Å². The van der Waals surface area contributed by atoms with Crippen molar-refractivity contribution in [3.05, 3.63) is 72.2 Å². The van der Waals surface area contributed by atoms with E-state index in [-0.39, 0.29) is 0 Å². The van der Waals surface area contributed by atoms with Crippen molar-refractivity contribution in [3.63, 3.8) is 0 Å². The van der Waals surface area contributed by atoms with E-state index in [0.29, 0.717) is 5.89 Å². The summed E-state index contributed by atoms with van der Waals surface area (Å²) in [6.45, 7) is 3.96. The standard InChI is InChI=1S/C22H22N4O/c1-2-6-21-19(5-1)13-23-26(21)14-17-7-9-18(10-8-17)22-24-20(16-27-22)15-25-11-3-4-12-25/h1-2,5-10,13,16H,3-4,11-12,14-15H2. The molecule has 0 radical (unpaired) electrons. The Balaban J connectivity index is 1.31. The molecule has 2 aromatic heterocycles. The zero-order chi connectivity index (χ0) is 18.1. The highest BCUT2D eigenvalue weighted by molar-refractivity contribution is 5.78. The number of oxazole rings is 1. The van der Waals surface area contributed by atoms with Crippen molar-refractivity contribution in [1.29, 1.82) is 0 Å². The first-order chi connectivity index (χ1) is 13.3. The highest BCUT2D eigenvalue weighted by atomic mass is 16.3. The van der Waals surface area contributed by atoms with Gasteiger partial charge in [-0.25, -0.2) is 4.98 Å². The Morgan fingerprint density at radius 3 is 2.59 bits per heavy atom. The fraction of sp³-hybridized carbons (Fsp3) is 0.273. The Morgan fingerprint density at radius 2 is 1.74 bits per heavy atom. The summed E-state index contributed by atoms with van der Waals surface area (Å²) >= 11 is 0. The summed E-state index contributed by atoms with van der Waals surface area (Å²) < 4.78 is 7.74. The largest absolute Gasteiger partial charge is 0.444 e. The number of hydrogen-bond acceptors (Lipinski definition) is 4. The van der Waals surface area contributed by atoms with Crippen molar-refractivity contribution in [2.24, 2.45) is 0 Å². The Kier molecular flexibility index (Phi) is 4.22. The molecule has 27 heavy (non-hydrogen) atoms. The predicted octanol–water partition coefficient (Wildman–Crippen LogP) is 4.34. The smallest absolute Gasteiger partial charge is 0.226 e. The monoisotopic (exact) mass is 358 g/mol. The SMILES string of the molecule is c1ccc2c(c1)cnn2Cc1ccc(-c2nc(CN3CCCC3)co2)cc1. The minimum absolute atomic E-state index is 0.695. The van der Waals surface area contributed by atoms with Gasteiger partial charge in [-0.05, 0) is 49.7 Å². The van der Waals surface area contributed by atoms with Gasteiger partial charge in [0.2, 0.25) is 5.89 Å². The molecule has 5 rings (SSSR count). The number of para-hydroxylation sites is 1. The van der Waals surface area contributed by atoms with Gasteiger partial charge in [0.25, 0.3) is 0 Å². The minimum atomic E-state index is 0.695. The van der Waals surface area contributed by atoms with Crippen molar-refractivity contribution < 1.29 is 4.42 Å². The number of fused-ring (bicyclic) bond motifs is 1. The second-order valence-electron chi connectivity index (χ2n) is 7.19. The third-order valence-corrected chi connectivity index (χ3v) is 5.22. The molecule has 4 aromatic rings. The molecule has 0 amide bonds. The summed E-state index contributed by atoms with van der Waals surface area (Å²) in [7, 11) is 0. The van der Waals surface area contributed by atoms with Crippen LogP contribution in [0.3, 0.4) is 0 Å². The topological polar surface area (TPSA) is 47.1 Å². The van der Waals surface area contributed by atoms with E-state index in [4.69, 9.17) is 4.42 Å². The lowest BCUT2D eigenvalue weighted by Gasteiger charge is -2.11. The molecular formula is C22H22N4O. The Bertz CT molecular complexity index is 1040. The van der Waals surface area contributed by atoms with Crippen molar-refractivity contribution in [1.82, 2.24) is 19.7 Å². The molecule has 1 saturated heterocycles. The number of rotatable bonds is 5. The van der Waals surface area contributed by atoms with Gasteiger partial charge < -0.3 is 4.42 Å². The number of nitrogens with zero attached hydrogens (tertiary/aromatic N) is 4. The van der Waals surface area contributed by atoms with Crippen LogP contribution in [0.15, 0.2) is 65.4 Å². The lowest BCUT2D eigenvalue weighted by Crippen LogP contribution is -2.18. The van der Waals surface area contributed by atoms with Crippen LogP contribution < -0.4 is 0 Å². The molecule has 1 fully saturated rings. The quantitative estimate of drug-likeness (QED) is 0.533. The number of likely N-dealkylation sites (tertiary alicyclic amines) is 1. The van der Waals surface area contributed by atoms with E-state index in [9.17, 15) is 0 Å². The lowest BCUT2D eigenvalue weighted by molar-refractivity contribution is 0.327. The normalized spacial score (nSPS) is 15.0.